The van der Waals surface area contributed by atoms with Crippen LogP contribution in [-0.2, 0) is 11.8 Å². The van der Waals surface area contributed by atoms with Crippen molar-refractivity contribution in [2.75, 3.05) is 0 Å². The average molecular weight is 828 g/mol. The minimum absolute atomic E-state index is 0.00760. The van der Waals surface area contributed by atoms with Crippen molar-refractivity contribution in [3.8, 4) is 0 Å². The van der Waals surface area contributed by atoms with Gasteiger partial charge in [0, 0.05) is 0 Å². The molecule has 0 aliphatic heterocycles. The molecule has 0 aliphatic carbocycles. The van der Waals surface area contributed by atoms with Crippen molar-refractivity contribution in [3.05, 3.63) is 70.3 Å². The fraction of sp³-hybridized carbons (Fsp3) is 0.800. The minimum Gasteiger partial charge on any atom is -0.0654 e. The second kappa shape index (κ2) is 20.1. The fourth-order valence-corrected chi connectivity index (χ4v) is 16.1. The first-order chi connectivity index (χ1) is 27.3. The van der Waals surface area contributed by atoms with Gasteiger partial charge in [0.05, 0.1) is 0 Å². The summed E-state index contributed by atoms with van der Waals surface area (Å²) < 4.78 is 0. The van der Waals surface area contributed by atoms with Gasteiger partial charge in [-0.2, -0.15) is 0 Å². The van der Waals surface area contributed by atoms with Crippen LogP contribution in [0, 0.1) is 56.2 Å². The monoisotopic (exact) mass is 827 g/mol. The first-order valence-electron chi connectivity index (χ1n) is 25.5. The summed E-state index contributed by atoms with van der Waals surface area (Å²) in [5.74, 6) is 1.36. The Kier molecular flexibility index (Phi) is 18.3. The Labute approximate surface area is 378 Å². The molecule has 0 aliphatic rings. The van der Waals surface area contributed by atoms with Gasteiger partial charge < -0.3 is 0 Å². The van der Waals surface area contributed by atoms with E-state index in [1.807, 2.05) is 0 Å². The summed E-state index contributed by atoms with van der Waals surface area (Å²) in [6.07, 6.45) is 14.8. The zero-order valence-electron chi connectivity index (χ0n) is 45.3. The van der Waals surface area contributed by atoms with E-state index in [1.54, 1.807) is 16.7 Å². The average Bonchev–Trinajstić information content (AvgIpc) is 3.07. The number of rotatable bonds is 21. The van der Waals surface area contributed by atoms with E-state index < -0.39 is 0 Å². The van der Waals surface area contributed by atoms with Gasteiger partial charge >= 0.3 is 0 Å². The number of aryl methyl sites for hydroxylation is 1. The molecule has 0 heterocycles. The molecule has 2 rings (SSSR count). The van der Waals surface area contributed by atoms with Crippen LogP contribution in [0.3, 0.4) is 0 Å². The number of hydrogen-bond acceptors (Lipinski definition) is 0. The molecule has 2 aromatic rings. The highest BCUT2D eigenvalue weighted by Gasteiger charge is 2.75. The van der Waals surface area contributed by atoms with Crippen LogP contribution in [0.2, 0.25) is 0 Å². The molecule has 0 N–H and O–H groups in total. The van der Waals surface area contributed by atoms with Crippen LogP contribution in [0.15, 0.2) is 42.5 Å². The maximum absolute atomic E-state index is 2.97. The van der Waals surface area contributed by atoms with E-state index >= 15 is 0 Å². The molecular formula is C60H106. The molecule has 2 aromatic carbocycles. The van der Waals surface area contributed by atoms with Crippen LogP contribution in [0.4, 0.5) is 0 Å². The normalized spacial score (nSPS) is 16.3. The van der Waals surface area contributed by atoms with Gasteiger partial charge in [-0.15, -0.1) is 0 Å². The van der Waals surface area contributed by atoms with Gasteiger partial charge in [0.25, 0.3) is 0 Å². The van der Waals surface area contributed by atoms with Crippen LogP contribution < -0.4 is 0 Å². The van der Waals surface area contributed by atoms with Crippen molar-refractivity contribution in [2.45, 2.75) is 260 Å². The predicted molar refractivity (Wildman–Crippen MR) is 273 cm³/mol. The summed E-state index contributed by atoms with van der Waals surface area (Å²) in [7, 11) is 0. The molecule has 0 bridgehead atoms. The van der Waals surface area contributed by atoms with Crippen molar-refractivity contribution in [3.63, 3.8) is 0 Å². The molecule has 346 valence electrons. The Morgan fingerprint density at radius 1 is 0.517 bits per heavy atom. The lowest BCUT2D eigenvalue weighted by molar-refractivity contribution is -0.288. The Bertz CT molecular complexity index is 1550. The lowest BCUT2D eigenvalue weighted by Gasteiger charge is -2.78. The maximum atomic E-state index is 2.97. The van der Waals surface area contributed by atoms with E-state index in [0.29, 0.717) is 11.8 Å². The van der Waals surface area contributed by atoms with Crippen molar-refractivity contribution >= 4 is 0 Å². The maximum Gasteiger partial charge on any atom is -0.00390 e. The molecule has 0 saturated heterocycles. The molecule has 0 aromatic heterocycles. The quantitative estimate of drug-likeness (QED) is 0.118. The topological polar surface area (TPSA) is 0 Å². The summed E-state index contributed by atoms with van der Waals surface area (Å²) in [5.41, 5.74) is 7.42. The van der Waals surface area contributed by atoms with E-state index in [4.69, 9.17) is 0 Å². The molecule has 3 atom stereocenters. The van der Waals surface area contributed by atoms with Gasteiger partial charge in [-0.3, -0.25) is 0 Å². The first-order valence-corrected chi connectivity index (χ1v) is 25.5. The van der Waals surface area contributed by atoms with Gasteiger partial charge in [-0.05, 0) is 127 Å². The summed E-state index contributed by atoms with van der Waals surface area (Å²) in [5, 5.41) is 0. The largest absolute Gasteiger partial charge is 0.0654 e. The van der Waals surface area contributed by atoms with E-state index in [-0.39, 0.29) is 54.7 Å². The van der Waals surface area contributed by atoms with Gasteiger partial charge in [0.15, 0.2) is 0 Å². The zero-order valence-corrected chi connectivity index (χ0v) is 45.3. The Morgan fingerprint density at radius 3 is 1.43 bits per heavy atom. The Morgan fingerprint density at radius 2 is 1.02 bits per heavy atom. The van der Waals surface area contributed by atoms with E-state index in [9.17, 15) is 0 Å². The van der Waals surface area contributed by atoms with Gasteiger partial charge in [-0.1, -0.05) is 253 Å². The highest BCUT2D eigenvalue weighted by Crippen LogP contribution is 2.82. The molecule has 0 heteroatoms. The second-order valence-corrected chi connectivity index (χ2v) is 26.3. The molecular weight excluding hydrogens is 721 g/mol. The van der Waals surface area contributed by atoms with Crippen LogP contribution >= 0.6 is 0 Å². The van der Waals surface area contributed by atoms with Gasteiger partial charge in [0.1, 0.15) is 0 Å². The molecule has 0 saturated carbocycles. The highest BCUT2D eigenvalue weighted by molar-refractivity contribution is 5.50. The van der Waals surface area contributed by atoms with Gasteiger partial charge in [-0.25, -0.2) is 0 Å². The Hall–Kier alpha value is -1.56. The van der Waals surface area contributed by atoms with Crippen LogP contribution in [0.25, 0.3) is 0 Å². The standard InChI is InChI=1S/C60H106/c1-25-29-35-46(34-27-3)43-60(54(14,15)16,55(17,18)19)58(24,59(41-30-26-2,52(8,9)10)53(11,12)13)51(57(22,23)42-47-36-32-31-33-37-47)48-39-38-45(7)49(44(5)6)50(48)56(20,21)40-28-4/h31-33,36-39,44,46,51H,25-30,34-35,40-43H2,1-24H3. The van der Waals surface area contributed by atoms with E-state index in [0.717, 1.165) is 6.42 Å². The predicted octanol–water partition coefficient (Wildman–Crippen LogP) is 19.9. The lowest BCUT2D eigenvalue weighted by atomic mass is 9.26. The van der Waals surface area contributed by atoms with Crippen LogP contribution in [0.5, 0.6) is 0 Å². The van der Waals surface area contributed by atoms with Crippen LogP contribution in [0.1, 0.15) is 270 Å². The first kappa shape index (κ1) is 54.6. The third-order valence-electron chi connectivity index (χ3n) is 16.9. The van der Waals surface area contributed by atoms with Crippen LogP contribution in [-0.4, -0.2) is 0 Å². The molecule has 0 radical (unpaired) electrons. The van der Waals surface area contributed by atoms with Crippen molar-refractivity contribution < 1.29 is 0 Å². The van der Waals surface area contributed by atoms with Crippen molar-refractivity contribution in [2.24, 2.45) is 49.2 Å². The Balaban J connectivity index is 3.89. The molecule has 0 fully saturated rings. The van der Waals surface area contributed by atoms with E-state index in [1.165, 1.54) is 81.8 Å². The highest BCUT2D eigenvalue weighted by atomic mass is 14.8. The molecule has 3 unspecified atom stereocenters. The number of unbranched alkanes of at least 4 members (excludes halogenated alkanes) is 2. The SMILES string of the molecule is CCCCC(CCC)CC(C(C)(C)C)(C(C)(C)C)C(C)(C(c1ccc(C)c(C(C)C)c1C(C)(C)CCC)C(C)(C)Cc1ccccc1)C(CCCC)(C(C)(C)C)C(C)(C)C. The second-order valence-electron chi connectivity index (χ2n) is 26.3. The van der Waals surface area contributed by atoms with Crippen molar-refractivity contribution in [1.82, 2.24) is 0 Å². The summed E-state index contributed by atoms with van der Waals surface area (Å²) >= 11 is 0. The zero-order chi connectivity index (χ0) is 46.6. The summed E-state index contributed by atoms with van der Waals surface area (Å²) in [4.78, 5) is 0. The third-order valence-corrected chi connectivity index (χ3v) is 16.9. The third kappa shape index (κ3) is 10.4. The lowest BCUT2D eigenvalue weighted by Crippen LogP contribution is -2.72. The molecule has 0 spiro atoms. The summed E-state index contributed by atoms with van der Waals surface area (Å²) in [6, 6.07) is 16.9. The number of hydrogen-bond donors (Lipinski definition) is 0. The van der Waals surface area contributed by atoms with E-state index in [2.05, 4.69) is 209 Å². The molecule has 0 nitrogen and oxygen atoms in total. The fourth-order valence-electron chi connectivity index (χ4n) is 16.1. The molecule has 0 amide bonds. The smallest absolute Gasteiger partial charge is 0.00390 e. The summed E-state index contributed by atoms with van der Waals surface area (Å²) in [6.45, 7) is 63.0. The van der Waals surface area contributed by atoms with Gasteiger partial charge in [0.2, 0.25) is 0 Å². The van der Waals surface area contributed by atoms with Crippen molar-refractivity contribution in [1.29, 1.82) is 0 Å². The number of benzene rings is 2. The molecule has 60 heavy (non-hydrogen) atoms. The minimum atomic E-state index is -0.195.